The molecule has 0 aliphatic rings. The van der Waals surface area contributed by atoms with E-state index < -0.39 is 0 Å². The van der Waals surface area contributed by atoms with E-state index in [1.807, 2.05) is 18.5 Å². The normalized spacial score (nSPS) is 12.6. The average Bonchev–Trinajstić information content (AvgIpc) is 2.45. The third-order valence-electron chi connectivity index (χ3n) is 3.35. The molecule has 2 nitrogen and oxygen atoms in total. The Morgan fingerprint density at radius 1 is 1.10 bits per heavy atom. The molecule has 2 aromatic rings. The van der Waals surface area contributed by atoms with Crippen LogP contribution >= 0.6 is 0 Å². The number of nitrogens with one attached hydrogen (secondary N) is 1. The predicted octanol–water partition coefficient (Wildman–Crippen LogP) is 3.98. The molecule has 0 spiro atoms. The van der Waals surface area contributed by atoms with Crippen molar-refractivity contribution in [1.29, 1.82) is 0 Å². The second-order valence-corrected chi connectivity index (χ2v) is 5.62. The summed E-state index contributed by atoms with van der Waals surface area (Å²) < 4.78 is 0. The van der Waals surface area contributed by atoms with Crippen LogP contribution in [-0.4, -0.2) is 11.5 Å². The van der Waals surface area contributed by atoms with Gasteiger partial charge < -0.3 is 5.32 Å². The Balaban J connectivity index is 2.30. The lowest BCUT2D eigenvalue weighted by molar-refractivity contribution is 0.622. The van der Waals surface area contributed by atoms with Crippen molar-refractivity contribution in [1.82, 2.24) is 10.3 Å². The highest BCUT2D eigenvalue weighted by molar-refractivity contribution is 5.33. The fourth-order valence-corrected chi connectivity index (χ4v) is 2.55. The van der Waals surface area contributed by atoms with Crippen molar-refractivity contribution in [3.63, 3.8) is 0 Å². The number of pyridine rings is 1. The first-order valence-electron chi connectivity index (χ1n) is 7.42. The molecule has 0 fully saturated rings. The second kappa shape index (κ2) is 7.20. The molecule has 1 N–H and O–H groups in total. The van der Waals surface area contributed by atoms with Crippen molar-refractivity contribution in [2.45, 2.75) is 33.2 Å². The fourth-order valence-electron chi connectivity index (χ4n) is 2.55. The van der Waals surface area contributed by atoms with Crippen molar-refractivity contribution < 1.29 is 0 Å². The third-order valence-corrected chi connectivity index (χ3v) is 3.35. The first-order chi connectivity index (χ1) is 9.70. The van der Waals surface area contributed by atoms with E-state index in [-0.39, 0.29) is 6.04 Å². The summed E-state index contributed by atoms with van der Waals surface area (Å²) in [5.41, 5.74) is 3.94. The standard InChI is InChI=1S/C18H24N2/c1-4-20-18(17-9-6-10-19-13-17)16-8-5-7-15(12-16)11-14(2)3/h5-10,12-14,18,20H,4,11H2,1-3H3. The van der Waals surface area contributed by atoms with Crippen LogP contribution in [0.15, 0.2) is 48.8 Å². The van der Waals surface area contributed by atoms with E-state index in [0.717, 1.165) is 13.0 Å². The van der Waals surface area contributed by atoms with Gasteiger partial charge in [-0.1, -0.05) is 51.1 Å². The maximum atomic E-state index is 4.24. The van der Waals surface area contributed by atoms with Crippen LogP contribution in [-0.2, 0) is 6.42 Å². The van der Waals surface area contributed by atoms with Gasteiger partial charge in [-0.3, -0.25) is 4.98 Å². The molecule has 20 heavy (non-hydrogen) atoms. The van der Waals surface area contributed by atoms with Gasteiger partial charge in [-0.05, 0) is 41.6 Å². The minimum Gasteiger partial charge on any atom is -0.306 e. The summed E-state index contributed by atoms with van der Waals surface area (Å²) in [7, 11) is 0. The Bertz CT molecular complexity index is 520. The van der Waals surface area contributed by atoms with Gasteiger partial charge in [0.25, 0.3) is 0 Å². The Kier molecular flexibility index (Phi) is 5.31. The summed E-state index contributed by atoms with van der Waals surface area (Å²) in [6, 6.07) is 13.3. The maximum Gasteiger partial charge on any atom is 0.0591 e. The molecule has 106 valence electrons. The van der Waals surface area contributed by atoms with Gasteiger partial charge in [0.15, 0.2) is 0 Å². The summed E-state index contributed by atoms with van der Waals surface area (Å²) in [6.45, 7) is 7.60. The molecule has 0 aliphatic heterocycles. The molecule has 0 saturated carbocycles. The molecule has 2 rings (SSSR count). The first-order valence-corrected chi connectivity index (χ1v) is 7.42. The number of aromatic nitrogens is 1. The Hall–Kier alpha value is -1.67. The van der Waals surface area contributed by atoms with Crippen molar-refractivity contribution in [2.24, 2.45) is 5.92 Å². The molecular weight excluding hydrogens is 244 g/mol. The first kappa shape index (κ1) is 14.7. The van der Waals surface area contributed by atoms with Crippen LogP contribution in [0.5, 0.6) is 0 Å². The molecule has 1 heterocycles. The van der Waals surface area contributed by atoms with Crippen LogP contribution < -0.4 is 5.32 Å². The zero-order valence-corrected chi connectivity index (χ0v) is 12.6. The number of benzene rings is 1. The number of hydrogen-bond acceptors (Lipinski definition) is 2. The quantitative estimate of drug-likeness (QED) is 0.857. The van der Waals surface area contributed by atoms with Crippen molar-refractivity contribution in [3.05, 3.63) is 65.5 Å². The molecule has 0 saturated heterocycles. The zero-order chi connectivity index (χ0) is 14.4. The van der Waals surface area contributed by atoms with Gasteiger partial charge in [-0.2, -0.15) is 0 Å². The Morgan fingerprint density at radius 2 is 1.90 bits per heavy atom. The lowest BCUT2D eigenvalue weighted by atomic mass is 9.95. The van der Waals surface area contributed by atoms with Crippen LogP contribution in [0.25, 0.3) is 0 Å². The van der Waals surface area contributed by atoms with E-state index in [1.165, 1.54) is 16.7 Å². The summed E-state index contributed by atoms with van der Waals surface area (Å²) >= 11 is 0. The summed E-state index contributed by atoms with van der Waals surface area (Å²) in [6.07, 6.45) is 4.89. The van der Waals surface area contributed by atoms with E-state index in [4.69, 9.17) is 0 Å². The fraction of sp³-hybridized carbons (Fsp3) is 0.389. The van der Waals surface area contributed by atoms with Gasteiger partial charge in [0.1, 0.15) is 0 Å². The Morgan fingerprint density at radius 3 is 2.55 bits per heavy atom. The van der Waals surface area contributed by atoms with E-state index in [0.29, 0.717) is 5.92 Å². The van der Waals surface area contributed by atoms with Crippen molar-refractivity contribution in [2.75, 3.05) is 6.54 Å². The Labute approximate surface area is 122 Å². The highest BCUT2D eigenvalue weighted by Crippen LogP contribution is 2.23. The number of hydrogen-bond donors (Lipinski definition) is 1. The van der Waals surface area contributed by atoms with E-state index in [1.54, 1.807) is 0 Å². The van der Waals surface area contributed by atoms with E-state index >= 15 is 0 Å². The monoisotopic (exact) mass is 268 g/mol. The van der Waals surface area contributed by atoms with Crippen molar-refractivity contribution >= 4 is 0 Å². The number of rotatable bonds is 6. The molecule has 0 bridgehead atoms. The van der Waals surface area contributed by atoms with Gasteiger partial charge in [-0.25, -0.2) is 0 Å². The second-order valence-electron chi connectivity index (χ2n) is 5.62. The third kappa shape index (κ3) is 3.91. The van der Waals surface area contributed by atoms with Gasteiger partial charge in [0.2, 0.25) is 0 Å². The maximum absolute atomic E-state index is 4.24. The highest BCUT2D eigenvalue weighted by Gasteiger charge is 2.13. The summed E-state index contributed by atoms with van der Waals surface area (Å²) in [4.78, 5) is 4.24. The van der Waals surface area contributed by atoms with Crippen LogP contribution in [0.1, 0.15) is 43.5 Å². The van der Waals surface area contributed by atoms with Crippen LogP contribution in [0, 0.1) is 5.92 Å². The molecule has 1 aromatic heterocycles. The lowest BCUT2D eigenvalue weighted by Gasteiger charge is -2.19. The molecule has 0 amide bonds. The topological polar surface area (TPSA) is 24.9 Å². The molecule has 2 heteroatoms. The molecule has 0 aliphatic carbocycles. The SMILES string of the molecule is CCNC(c1cccnc1)c1cccc(CC(C)C)c1. The predicted molar refractivity (Wildman–Crippen MR) is 84.7 cm³/mol. The number of nitrogens with zero attached hydrogens (tertiary/aromatic N) is 1. The zero-order valence-electron chi connectivity index (χ0n) is 12.6. The molecular formula is C18H24N2. The van der Waals surface area contributed by atoms with Crippen LogP contribution in [0.2, 0.25) is 0 Å². The van der Waals surface area contributed by atoms with Gasteiger partial charge in [-0.15, -0.1) is 0 Å². The highest BCUT2D eigenvalue weighted by atomic mass is 14.9. The molecule has 1 atom stereocenters. The lowest BCUT2D eigenvalue weighted by Crippen LogP contribution is -2.22. The van der Waals surface area contributed by atoms with E-state index in [9.17, 15) is 0 Å². The van der Waals surface area contributed by atoms with E-state index in [2.05, 4.69) is 61.4 Å². The minimum atomic E-state index is 0.223. The van der Waals surface area contributed by atoms with Gasteiger partial charge >= 0.3 is 0 Å². The smallest absolute Gasteiger partial charge is 0.0591 e. The summed E-state index contributed by atoms with van der Waals surface area (Å²) in [5, 5.41) is 3.56. The van der Waals surface area contributed by atoms with Gasteiger partial charge in [0, 0.05) is 12.4 Å². The largest absolute Gasteiger partial charge is 0.306 e. The molecule has 1 unspecified atom stereocenters. The van der Waals surface area contributed by atoms with Crippen LogP contribution in [0.4, 0.5) is 0 Å². The van der Waals surface area contributed by atoms with Crippen LogP contribution in [0.3, 0.4) is 0 Å². The molecule has 0 radical (unpaired) electrons. The van der Waals surface area contributed by atoms with Crippen molar-refractivity contribution in [3.8, 4) is 0 Å². The average molecular weight is 268 g/mol. The summed E-state index contributed by atoms with van der Waals surface area (Å²) in [5.74, 6) is 0.682. The van der Waals surface area contributed by atoms with Gasteiger partial charge in [0.05, 0.1) is 6.04 Å². The minimum absolute atomic E-state index is 0.223. The molecule has 1 aromatic carbocycles.